The highest BCUT2D eigenvalue weighted by atomic mass is 35.5. The molecule has 1 unspecified atom stereocenters. The van der Waals surface area contributed by atoms with Crippen LogP contribution < -0.4 is 10.2 Å². The van der Waals surface area contributed by atoms with Crippen molar-refractivity contribution < 1.29 is 9.32 Å². The first-order chi connectivity index (χ1) is 16.0. The molecule has 0 amide bonds. The smallest absolute Gasteiger partial charge is 0.145 e. The summed E-state index contributed by atoms with van der Waals surface area (Å²) in [5, 5.41) is 14.0. The zero-order valence-corrected chi connectivity index (χ0v) is 20.3. The Morgan fingerprint density at radius 1 is 1.18 bits per heavy atom. The summed E-state index contributed by atoms with van der Waals surface area (Å²) in [6, 6.07) is 2.15. The second-order valence-corrected chi connectivity index (χ2v) is 12.4. The molecule has 2 aliphatic heterocycles. The highest BCUT2D eigenvalue weighted by molar-refractivity contribution is 7.85. The van der Waals surface area contributed by atoms with E-state index in [4.69, 9.17) is 16.6 Å². The monoisotopic (exact) mass is 487 g/mol. The SMILES string of the molecule is O=S1CCc2cc(N3CC4(CCC(c5ncc(Cl)cn5)CC4)C3)nc(NC3(CO)CCC3)c21. The summed E-state index contributed by atoms with van der Waals surface area (Å²) in [5.74, 6) is 3.72. The van der Waals surface area contributed by atoms with Gasteiger partial charge in [-0.3, -0.25) is 4.21 Å². The van der Waals surface area contributed by atoms with E-state index in [2.05, 4.69) is 26.3 Å². The largest absolute Gasteiger partial charge is 0.394 e. The lowest BCUT2D eigenvalue weighted by atomic mass is 9.65. The number of aryl methyl sites for hydroxylation is 1. The Morgan fingerprint density at radius 2 is 1.91 bits per heavy atom. The Kier molecular flexibility index (Phi) is 5.38. The van der Waals surface area contributed by atoms with Gasteiger partial charge in [-0.1, -0.05) is 11.6 Å². The van der Waals surface area contributed by atoms with Crippen LogP contribution in [0.1, 0.15) is 62.3 Å². The lowest BCUT2D eigenvalue weighted by Gasteiger charge is -2.54. The summed E-state index contributed by atoms with van der Waals surface area (Å²) in [5.41, 5.74) is 1.20. The van der Waals surface area contributed by atoms with Crippen LogP contribution >= 0.6 is 11.6 Å². The molecule has 1 saturated heterocycles. The lowest BCUT2D eigenvalue weighted by molar-refractivity contribution is 0.125. The molecule has 7 nitrogen and oxygen atoms in total. The number of hydrogen-bond acceptors (Lipinski definition) is 7. The highest BCUT2D eigenvalue weighted by Gasteiger charge is 2.47. The first-order valence-corrected chi connectivity index (χ1v) is 13.7. The number of aliphatic hydroxyl groups is 1. The van der Waals surface area contributed by atoms with Crippen molar-refractivity contribution in [2.45, 2.75) is 67.7 Å². The number of pyridine rings is 1. The molecular weight excluding hydrogens is 458 g/mol. The summed E-state index contributed by atoms with van der Waals surface area (Å²) in [6.45, 7) is 2.12. The lowest BCUT2D eigenvalue weighted by Crippen LogP contribution is -2.58. The summed E-state index contributed by atoms with van der Waals surface area (Å²) in [7, 11) is -1.01. The van der Waals surface area contributed by atoms with Gasteiger partial charge in [0, 0.05) is 42.6 Å². The number of rotatable bonds is 5. The second kappa shape index (κ2) is 8.17. The molecule has 4 aliphatic rings. The van der Waals surface area contributed by atoms with Gasteiger partial charge in [-0.25, -0.2) is 15.0 Å². The molecule has 2 aromatic heterocycles. The third kappa shape index (κ3) is 3.84. The van der Waals surface area contributed by atoms with Gasteiger partial charge in [-0.05, 0) is 63.0 Å². The van der Waals surface area contributed by atoms with Gasteiger partial charge >= 0.3 is 0 Å². The van der Waals surface area contributed by atoms with E-state index in [0.29, 0.717) is 22.1 Å². The fraction of sp³-hybridized carbons (Fsp3) is 0.625. The summed E-state index contributed by atoms with van der Waals surface area (Å²) in [6.07, 6.45) is 11.8. The number of aliphatic hydroxyl groups excluding tert-OH is 1. The number of aromatic nitrogens is 3. The summed E-state index contributed by atoms with van der Waals surface area (Å²) >= 11 is 5.94. The maximum atomic E-state index is 12.7. The van der Waals surface area contributed by atoms with Gasteiger partial charge in [0.05, 0.1) is 32.9 Å². The standard InChI is InChI=1S/C24H30ClN5O2S/c25-18-11-26-21(27-12-18)16-2-7-23(8-3-16)13-30(14-23)19-10-17-4-9-33(32)20(17)22(28-19)29-24(15-31)5-1-6-24/h10-12,16,31H,1-9,13-15H2,(H,28,29). The maximum Gasteiger partial charge on any atom is 0.145 e. The molecule has 1 atom stereocenters. The number of anilines is 2. The Hall–Kier alpha value is -1.77. The van der Waals surface area contributed by atoms with Crippen LogP contribution in [0.25, 0.3) is 0 Å². The average molecular weight is 488 g/mol. The molecule has 2 aliphatic carbocycles. The Balaban J connectivity index is 1.16. The Labute approximate surface area is 201 Å². The van der Waals surface area contributed by atoms with E-state index in [0.717, 1.165) is 79.5 Å². The quantitative estimate of drug-likeness (QED) is 0.664. The molecule has 1 spiro atoms. The van der Waals surface area contributed by atoms with Crippen LogP contribution in [-0.4, -0.2) is 55.3 Å². The highest BCUT2D eigenvalue weighted by Crippen LogP contribution is 2.49. The zero-order valence-electron chi connectivity index (χ0n) is 18.7. The Bertz CT molecular complexity index is 1070. The first-order valence-electron chi connectivity index (χ1n) is 12.0. The van der Waals surface area contributed by atoms with Crippen LogP contribution in [0.4, 0.5) is 11.6 Å². The molecule has 2 aromatic rings. The minimum Gasteiger partial charge on any atom is -0.394 e. The molecule has 0 radical (unpaired) electrons. The van der Waals surface area contributed by atoms with Gasteiger partial charge in [0.25, 0.3) is 0 Å². The molecule has 0 bridgehead atoms. The van der Waals surface area contributed by atoms with Gasteiger partial charge in [-0.15, -0.1) is 0 Å². The summed E-state index contributed by atoms with van der Waals surface area (Å²) < 4.78 is 12.7. The van der Waals surface area contributed by atoms with Crippen LogP contribution in [0, 0.1) is 5.41 Å². The first kappa shape index (κ1) is 21.7. The van der Waals surface area contributed by atoms with Crippen molar-refractivity contribution >= 4 is 34.0 Å². The van der Waals surface area contributed by atoms with Crippen LogP contribution in [0.2, 0.25) is 5.02 Å². The van der Waals surface area contributed by atoms with Crippen LogP contribution in [-0.2, 0) is 17.2 Å². The zero-order chi connectivity index (χ0) is 22.6. The number of nitrogens with zero attached hydrogens (tertiary/aromatic N) is 4. The maximum absolute atomic E-state index is 12.7. The number of nitrogens with one attached hydrogen (secondary N) is 1. The van der Waals surface area contributed by atoms with Crippen LogP contribution in [0.5, 0.6) is 0 Å². The predicted octanol–water partition coefficient (Wildman–Crippen LogP) is 3.68. The number of fused-ring (bicyclic) bond motifs is 1. The second-order valence-electron chi connectivity index (χ2n) is 10.4. The molecule has 2 N–H and O–H groups in total. The van der Waals surface area contributed by atoms with Gasteiger partial charge < -0.3 is 15.3 Å². The molecule has 33 heavy (non-hydrogen) atoms. The van der Waals surface area contributed by atoms with E-state index in [1.54, 1.807) is 12.4 Å². The molecule has 2 saturated carbocycles. The van der Waals surface area contributed by atoms with Crippen molar-refractivity contribution in [3.05, 3.63) is 34.9 Å². The molecule has 0 aromatic carbocycles. The van der Waals surface area contributed by atoms with Crippen molar-refractivity contribution in [1.29, 1.82) is 0 Å². The third-order valence-corrected chi connectivity index (χ3v) is 9.93. The van der Waals surface area contributed by atoms with Crippen molar-refractivity contribution in [3.63, 3.8) is 0 Å². The molecular formula is C24H30ClN5O2S. The number of hydrogen-bond donors (Lipinski definition) is 2. The predicted molar refractivity (Wildman–Crippen MR) is 129 cm³/mol. The van der Waals surface area contributed by atoms with Crippen LogP contribution in [0.15, 0.2) is 23.4 Å². The van der Waals surface area contributed by atoms with E-state index in [1.165, 1.54) is 12.8 Å². The Morgan fingerprint density at radius 3 is 2.55 bits per heavy atom. The topological polar surface area (TPSA) is 91.2 Å². The van der Waals surface area contributed by atoms with Gasteiger partial charge in [-0.2, -0.15) is 0 Å². The van der Waals surface area contributed by atoms with E-state index in [9.17, 15) is 9.32 Å². The van der Waals surface area contributed by atoms with Crippen molar-refractivity contribution in [2.24, 2.45) is 5.41 Å². The number of halogens is 1. The molecule has 9 heteroatoms. The van der Waals surface area contributed by atoms with E-state index in [1.807, 2.05) is 0 Å². The minimum atomic E-state index is -1.01. The molecule has 3 fully saturated rings. The normalized spacial score (nSPS) is 25.4. The minimum absolute atomic E-state index is 0.0889. The fourth-order valence-electron chi connectivity index (χ4n) is 6.00. The van der Waals surface area contributed by atoms with Crippen molar-refractivity contribution in [1.82, 2.24) is 15.0 Å². The van der Waals surface area contributed by atoms with E-state index < -0.39 is 10.8 Å². The van der Waals surface area contributed by atoms with E-state index >= 15 is 0 Å². The fourth-order valence-corrected chi connectivity index (χ4v) is 7.48. The molecule has 176 valence electrons. The van der Waals surface area contributed by atoms with Crippen LogP contribution in [0.3, 0.4) is 0 Å². The molecule has 4 heterocycles. The summed E-state index contributed by atoms with van der Waals surface area (Å²) in [4.78, 5) is 17.1. The van der Waals surface area contributed by atoms with Crippen molar-refractivity contribution in [3.8, 4) is 0 Å². The van der Waals surface area contributed by atoms with Crippen molar-refractivity contribution in [2.75, 3.05) is 35.7 Å². The third-order valence-electron chi connectivity index (χ3n) is 8.25. The van der Waals surface area contributed by atoms with Gasteiger partial charge in [0.2, 0.25) is 0 Å². The van der Waals surface area contributed by atoms with Gasteiger partial charge in [0.1, 0.15) is 17.5 Å². The van der Waals surface area contributed by atoms with Gasteiger partial charge in [0.15, 0.2) is 0 Å². The average Bonchev–Trinajstić information content (AvgIpc) is 3.16. The molecule has 6 rings (SSSR count). The van der Waals surface area contributed by atoms with E-state index in [-0.39, 0.29) is 12.1 Å².